The average molecular weight is 410 g/mol. The van der Waals surface area contributed by atoms with Gasteiger partial charge < -0.3 is 8.94 Å². The molecule has 0 saturated heterocycles. The third-order valence-electron chi connectivity index (χ3n) is 4.60. The molecule has 0 spiro atoms. The molecule has 0 aliphatic carbocycles. The molecule has 1 aromatic carbocycles. The van der Waals surface area contributed by atoms with Gasteiger partial charge in [-0.1, -0.05) is 55.0 Å². The fourth-order valence-corrected chi connectivity index (χ4v) is 3.83. The summed E-state index contributed by atoms with van der Waals surface area (Å²) in [4.78, 5) is 4.52. The number of aryl methyl sites for hydroxylation is 1. The molecule has 0 radical (unpaired) electrons. The first-order chi connectivity index (χ1) is 14.0. The Morgan fingerprint density at radius 3 is 2.59 bits per heavy atom. The highest BCUT2D eigenvalue weighted by Crippen LogP contribution is 2.36. The molecule has 7 nitrogen and oxygen atoms in total. The van der Waals surface area contributed by atoms with Crippen LogP contribution in [0, 0.1) is 6.92 Å². The summed E-state index contributed by atoms with van der Waals surface area (Å²) in [5.41, 5.74) is 2.19. The minimum absolute atomic E-state index is 0.0562. The van der Waals surface area contributed by atoms with Crippen LogP contribution in [-0.2, 0) is 6.54 Å². The third-order valence-corrected chi connectivity index (χ3v) is 5.67. The Bertz CT molecular complexity index is 1080. The van der Waals surface area contributed by atoms with Crippen molar-refractivity contribution in [3.05, 3.63) is 65.7 Å². The second-order valence-electron chi connectivity index (χ2n) is 7.19. The molecular formula is C21H23N5O2S. The molecule has 0 amide bonds. The first kappa shape index (κ1) is 19.4. The van der Waals surface area contributed by atoms with E-state index in [0.29, 0.717) is 18.3 Å². The minimum Gasteiger partial charge on any atom is -0.467 e. The Morgan fingerprint density at radius 2 is 1.90 bits per heavy atom. The van der Waals surface area contributed by atoms with Crippen molar-refractivity contribution in [2.45, 2.75) is 50.6 Å². The predicted molar refractivity (Wildman–Crippen MR) is 111 cm³/mol. The van der Waals surface area contributed by atoms with Gasteiger partial charge in [-0.2, -0.15) is 4.98 Å². The van der Waals surface area contributed by atoms with Crippen molar-refractivity contribution in [1.82, 2.24) is 24.9 Å². The van der Waals surface area contributed by atoms with Crippen molar-refractivity contribution in [3.63, 3.8) is 0 Å². The van der Waals surface area contributed by atoms with E-state index in [-0.39, 0.29) is 11.2 Å². The van der Waals surface area contributed by atoms with Crippen LogP contribution >= 0.6 is 11.8 Å². The van der Waals surface area contributed by atoms with Gasteiger partial charge in [-0.25, -0.2) is 0 Å². The summed E-state index contributed by atoms with van der Waals surface area (Å²) in [7, 11) is 0. The molecule has 0 aliphatic heterocycles. The highest BCUT2D eigenvalue weighted by Gasteiger charge is 2.23. The van der Waals surface area contributed by atoms with E-state index in [0.717, 1.165) is 27.9 Å². The Morgan fingerprint density at radius 1 is 1.07 bits per heavy atom. The molecule has 3 aromatic heterocycles. The maximum absolute atomic E-state index is 5.58. The number of aromatic nitrogens is 5. The van der Waals surface area contributed by atoms with E-state index in [4.69, 9.17) is 8.94 Å². The van der Waals surface area contributed by atoms with Crippen LogP contribution in [0.2, 0.25) is 0 Å². The number of nitrogens with zero attached hydrogens (tertiary/aromatic N) is 5. The molecule has 0 bridgehead atoms. The van der Waals surface area contributed by atoms with E-state index < -0.39 is 0 Å². The molecular weight excluding hydrogens is 386 g/mol. The standard InChI is InChI=1S/C21H23N5O2S/c1-13(2)18-22-20(28-25-18)15(4)29-21-24-23-19(17-10-6-5-8-14(17)3)26(21)12-16-9-7-11-27-16/h5-11,13,15H,12H2,1-4H3. The van der Waals surface area contributed by atoms with Gasteiger partial charge in [0.1, 0.15) is 5.76 Å². The molecule has 4 aromatic rings. The van der Waals surface area contributed by atoms with Crippen molar-refractivity contribution in [2.24, 2.45) is 0 Å². The van der Waals surface area contributed by atoms with Gasteiger partial charge in [0.25, 0.3) is 0 Å². The van der Waals surface area contributed by atoms with E-state index in [9.17, 15) is 0 Å². The Hall–Kier alpha value is -2.87. The maximum atomic E-state index is 5.58. The summed E-state index contributed by atoms with van der Waals surface area (Å²) in [6, 6.07) is 12.0. The van der Waals surface area contributed by atoms with Gasteiger partial charge in [0.05, 0.1) is 18.1 Å². The van der Waals surface area contributed by atoms with Crippen LogP contribution < -0.4 is 0 Å². The largest absolute Gasteiger partial charge is 0.467 e. The topological polar surface area (TPSA) is 82.8 Å². The zero-order chi connectivity index (χ0) is 20.4. The number of hydrogen-bond acceptors (Lipinski definition) is 7. The first-order valence-electron chi connectivity index (χ1n) is 9.54. The summed E-state index contributed by atoms with van der Waals surface area (Å²) in [6.45, 7) is 8.73. The van der Waals surface area contributed by atoms with Crippen LogP contribution in [0.3, 0.4) is 0 Å². The van der Waals surface area contributed by atoms with Crippen LogP contribution in [0.15, 0.2) is 56.8 Å². The lowest BCUT2D eigenvalue weighted by atomic mass is 10.1. The van der Waals surface area contributed by atoms with Crippen molar-refractivity contribution in [3.8, 4) is 11.4 Å². The lowest BCUT2D eigenvalue weighted by molar-refractivity contribution is 0.372. The maximum Gasteiger partial charge on any atom is 0.239 e. The van der Waals surface area contributed by atoms with Crippen molar-refractivity contribution >= 4 is 11.8 Å². The molecule has 1 atom stereocenters. The summed E-state index contributed by atoms with van der Waals surface area (Å²) < 4.78 is 13.1. The average Bonchev–Trinajstić information content (AvgIpc) is 3.45. The van der Waals surface area contributed by atoms with Crippen LogP contribution in [-0.4, -0.2) is 24.9 Å². The van der Waals surface area contributed by atoms with E-state index in [1.807, 2.05) is 45.0 Å². The second-order valence-corrected chi connectivity index (χ2v) is 8.50. The zero-order valence-corrected chi connectivity index (χ0v) is 17.7. The zero-order valence-electron chi connectivity index (χ0n) is 16.9. The number of thioether (sulfide) groups is 1. The summed E-state index contributed by atoms with van der Waals surface area (Å²) in [6.07, 6.45) is 1.68. The predicted octanol–water partition coefficient (Wildman–Crippen LogP) is 5.25. The molecule has 1 unspecified atom stereocenters. The highest BCUT2D eigenvalue weighted by atomic mass is 32.2. The van der Waals surface area contributed by atoms with Crippen LogP contribution in [0.5, 0.6) is 0 Å². The normalized spacial score (nSPS) is 12.6. The Kier molecular flexibility index (Phi) is 5.53. The molecule has 4 rings (SSSR count). The lowest BCUT2D eigenvalue weighted by Crippen LogP contribution is -2.05. The number of rotatable bonds is 7. The highest BCUT2D eigenvalue weighted by molar-refractivity contribution is 7.99. The molecule has 0 N–H and O–H groups in total. The van der Waals surface area contributed by atoms with E-state index >= 15 is 0 Å². The number of benzene rings is 1. The molecule has 150 valence electrons. The van der Waals surface area contributed by atoms with Crippen molar-refractivity contribution < 1.29 is 8.94 Å². The van der Waals surface area contributed by atoms with Gasteiger partial charge in [0, 0.05) is 11.5 Å². The lowest BCUT2D eigenvalue weighted by Gasteiger charge is -2.11. The molecule has 0 aliphatic rings. The number of furan rings is 1. The SMILES string of the molecule is Cc1ccccc1-c1nnc(SC(C)c2nc(C(C)C)no2)n1Cc1ccco1. The molecule has 3 heterocycles. The fourth-order valence-electron chi connectivity index (χ4n) is 2.96. The summed E-state index contributed by atoms with van der Waals surface area (Å²) in [5.74, 6) is 3.17. The van der Waals surface area contributed by atoms with E-state index in [2.05, 4.69) is 44.0 Å². The summed E-state index contributed by atoms with van der Waals surface area (Å²) in [5, 5.41) is 13.7. The molecule has 0 fully saturated rings. The monoisotopic (exact) mass is 409 g/mol. The van der Waals surface area contributed by atoms with Gasteiger partial charge in [-0.3, -0.25) is 4.57 Å². The Balaban J connectivity index is 1.68. The Labute approximate surface area is 173 Å². The fraction of sp³-hybridized carbons (Fsp3) is 0.333. The quantitative estimate of drug-likeness (QED) is 0.385. The van der Waals surface area contributed by atoms with E-state index in [1.165, 1.54) is 0 Å². The van der Waals surface area contributed by atoms with Crippen LogP contribution in [0.4, 0.5) is 0 Å². The molecule has 8 heteroatoms. The smallest absolute Gasteiger partial charge is 0.239 e. The van der Waals surface area contributed by atoms with Crippen molar-refractivity contribution in [2.75, 3.05) is 0 Å². The van der Waals surface area contributed by atoms with Gasteiger partial charge in [0.2, 0.25) is 5.89 Å². The van der Waals surface area contributed by atoms with Gasteiger partial charge >= 0.3 is 0 Å². The van der Waals surface area contributed by atoms with Gasteiger partial charge in [0.15, 0.2) is 16.8 Å². The first-order valence-corrected chi connectivity index (χ1v) is 10.4. The second kappa shape index (κ2) is 8.24. The minimum atomic E-state index is -0.0562. The van der Waals surface area contributed by atoms with E-state index in [1.54, 1.807) is 18.0 Å². The van der Waals surface area contributed by atoms with Crippen LogP contribution in [0.25, 0.3) is 11.4 Å². The van der Waals surface area contributed by atoms with Crippen molar-refractivity contribution in [1.29, 1.82) is 0 Å². The molecule has 29 heavy (non-hydrogen) atoms. The number of hydrogen-bond donors (Lipinski definition) is 0. The molecule has 0 saturated carbocycles. The van der Waals surface area contributed by atoms with Gasteiger partial charge in [-0.05, 0) is 31.5 Å². The van der Waals surface area contributed by atoms with Crippen LogP contribution in [0.1, 0.15) is 55.0 Å². The van der Waals surface area contributed by atoms with Gasteiger partial charge in [-0.15, -0.1) is 10.2 Å². The third kappa shape index (κ3) is 4.12. The summed E-state index contributed by atoms with van der Waals surface area (Å²) >= 11 is 1.54.